The second-order valence-electron chi connectivity index (χ2n) is 5.06. The zero-order valence-corrected chi connectivity index (χ0v) is 14.0. The van der Waals surface area contributed by atoms with E-state index in [4.69, 9.17) is 0 Å². The third-order valence-corrected chi connectivity index (χ3v) is 3.94. The number of amides is 3. The standard InChI is InChI=1S/C15H9BrN4O5/c16-8-4-5-11(17-6-8)18-12(21)7-19-14(22)9-2-1-3-10(20(24)25)13(9)15(19)23/h1-6H,7H2,(H,17,18,21). The maximum Gasteiger partial charge on any atom is 0.282 e. The molecule has 0 saturated carbocycles. The molecule has 0 unspecified atom stereocenters. The van der Waals surface area contributed by atoms with E-state index < -0.39 is 34.9 Å². The lowest BCUT2D eigenvalue weighted by Gasteiger charge is -2.13. The molecule has 0 bridgehead atoms. The zero-order valence-electron chi connectivity index (χ0n) is 12.4. The summed E-state index contributed by atoms with van der Waals surface area (Å²) in [6.07, 6.45) is 1.47. The summed E-state index contributed by atoms with van der Waals surface area (Å²) < 4.78 is 0.721. The number of anilines is 1. The van der Waals surface area contributed by atoms with Gasteiger partial charge in [0.15, 0.2) is 0 Å². The van der Waals surface area contributed by atoms with E-state index in [-0.39, 0.29) is 16.9 Å². The van der Waals surface area contributed by atoms with E-state index in [9.17, 15) is 24.5 Å². The first kappa shape index (κ1) is 16.7. The first-order valence-corrected chi connectivity index (χ1v) is 7.73. The predicted octanol–water partition coefficient (Wildman–Crippen LogP) is 1.99. The van der Waals surface area contributed by atoms with Gasteiger partial charge >= 0.3 is 0 Å². The molecule has 0 fully saturated rings. The van der Waals surface area contributed by atoms with Crippen LogP contribution in [0, 0.1) is 10.1 Å². The van der Waals surface area contributed by atoms with Crippen molar-refractivity contribution in [1.82, 2.24) is 9.88 Å². The Hall–Kier alpha value is -3.14. The highest BCUT2D eigenvalue weighted by Gasteiger charge is 2.41. The van der Waals surface area contributed by atoms with Crippen LogP contribution < -0.4 is 5.32 Å². The minimum Gasteiger partial charge on any atom is -0.309 e. The van der Waals surface area contributed by atoms with Crippen LogP contribution in [0.2, 0.25) is 0 Å². The number of pyridine rings is 1. The molecule has 3 rings (SSSR count). The van der Waals surface area contributed by atoms with Gasteiger partial charge in [-0.15, -0.1) is 0 Å². The smallest absolute Gasteiger partial charge is 0.282 e. The number of aromatic nitrogens is 1. The molecule has 25 heavy (non-hydrogen) atoms. The molecule has 0 spiro atoms. The lowest BCUT2D eigenvalue weighted by atomic mass is 10.1. The average Bonchev–Trinajstić information content (AvgIpc) is 2.82. The molecule has 0 aliphatic carbocycles. The van der Waals surface area contributed by atoms with Gasteiger partial charge in [-0.3, -0.25) is 29.4 Å². The van der Waals surface area contributed by atoms with E-state index in [0.717, 1.165) is 10.5 Å². The van der Waals surface area contributed by atoms with Crippen LogP contribution in [0.3, 0.4) is 0 Å². The zero-order chi connectivity index (χ0) is 18.1. The molecule has 1 N–H and O–H groups in total. The van der Waals surface area contributed by atoms with Crippen LogP contribution in [-0.2, 0) is 4.79 Å². The van der Waals surface area contributed by atoms with Crippen LogP contribution in [0.5, 0.6) is 0 Å². The summed E-state index contributed by atoms with van der Waals surface area (Å²) in [6, 6.07) is 6.97. The van der Waals surface area contributed by atoms with Crippen molar-refractivity contribution < 1.29 is 19.3 Å². The second-order valence-corrected chi connectivity index (χ2v) is 5.98. The fraction of sp³-hybridized carbons (Fsp3) is 0.0667. The fourth-order valence-corrected chi connectivity index (χ4v) is 2.62. The Morgan fingerprint density at radius 2 is 2.00 bits per heavy atom. The van der Waals surface area contributed by atoms with Gasteiger partial charge < -0.3 is 5.32 Å². The Labute approximate surface area is 148 Å². The van der Waals surface area contributed by atoms with Crippen molar-refractivity contribution in [3.63, 3.8) is 0 Å². The van der Waals surface area contributed by atoms with E-state index in [1.165, 1.54) is 24.4 Å². The minimum absolute atomic E-state index is 0.0891. The minimum atomic E-state index is -0.869. The van der Waals surface area contributed by atoms with Crippen molar-refractivity contribution in [2.24, 2.45) is 0 Å². The number of nitro groups is 1. The van der Waals surface area contributed by atoms with Crippen LogP contribution in [0.15, 0.2) is 41.0 Å². The molecule has 1 aromatic carbocycles. The van der Waals surface area contributed by atoms with Crippen molar-refractivity contribution in [3.05, 3.63) is 62.2 Å². The number of hydrogen-bond donors (Lipinski definition) is 1. The number of fused-ring (bicyclic) bond motifs is 1. The van der Waals surface area contributed by atoms with Gasteiger partial charge in [0.05, 0.1) is 10.5 Å². The molecule has 10 heteroatoms. The lowest BCUT2D eigenvalue weighted by molar-refractivity contribution is -0.385. The molecule has 1 aromatic heterocycles. The van der Waals surface area contributed by atoms with Gasteiger partial charge in [0.1, 0.15) is 17.9 Å². The predicted molar refractivity (Wildman–Crippen MR) is 89.0 cm³/mol. The van der Waals surface area contributed by atoms with Gasteiger partial charge in [-0.2, -0.15) is 0 Å². The Morgan fingerprint density at radius 3 is 2.64 bits per heavy atom. The van der Waals surface area contributed by atoms with Gasteiger partial charge in [0.25, 0.3) is 17.5 Å². The third-order valence-electron chi connectivity index (χ3n) is 3.47. The van der Waals surface area contributed by atoms with E-state index >= 15 is 0 Å². The summed E-state index contributed by atoms with van der Waals surface area (Å²) >= 11 is 3.21. The summed E-state index contributed by atoms with van der Waals surface area (Å²) in [7, 11) is 0. The van der Waals surface area contributed by atoms with E-state index in [1.54, 1.807) is 6.07 Å². The van der Waals surface area contributed by atoms with E-state index in [2.05, 4.69) is 26.2 Å². The number of carbonyl (C=O) groups is 3. The maximum atomic E-state index is 12.4. The number of benzene rings is 1. The number of rotatable bonds is 4. The summed E-state index contributed by atoms with van der Waals surface area (Å²) in [4.78, 5) is 51.7. The molecule has 3 amide bonds. The van der Waals surface area contributed by atoms with Gasteiger partial charge in [-0.1, -0.05) is 6.07 Å². The summed E-state index contributed by atoms with van der Waals surface area (Å²) in [6.45, 7) is -0.568. The van der Waals surface area contributed by atoms with Crippen LogP contribution in [0.25, 0.3) is 0 Å². The Kier molecular flexibility index (Phi) is 4.28. The number of halogens is 1. The molecular formula is C15H9BrN4O5. The topological polar surface area (TPSA) is 123 Å². The normalized spacial score (nSPS) is 12.9. The highest BCUT2D eigenvalue weighted by atomic mass is 79.9. The summed E-state index contributed by atoms with van der Waals surface area (Å²) in [5.41, 5.74) is -0.853. The molecule has 1 aliphatic rings. The van der Waals surface area contributed by atoms with Gasteiger partial charge in [0.2, 0.25) is 5.91 Å². The molecule has 0 atom stereocenters. The Bertz CT molecular complexity index is 913. The van der Waals surface area contributed by atoms with Crippen molar-refractivity contribution in [1.29, 1.82) is 0 Å². The lowest BCUT2D eigenvalue weighted by Crippen LogP contribution is -2.37. The van der Waals surface area contributed by atoms with Gasteiger partial charge in [-0.05, 0) is 34.1 Å². The van der Waals surface area contributed by atoms with E-state index in [1.807, 2.05) is 0 Å². The highest BCUT2D eigenvalue weighted by Crippen LogP contribution is 2.30. The molecule has 9 nitrogen and oxygen atoms in total. The molecule has 2 heterocycles. The third kappa shape index (κ3) is 3.11. The van der Waals surface area contributed by atoms with E-state index in [0.29, 0.717) is 4.90 Å². The molecular weight excluding hydrogens is 396 g/mol. The monoisotopic (exact) mass is 404 g/mol. The van der Waals surface area contributed by atoms with Crippen molar-refractivity contribution >= 4 is 45.2 Å². The molecule has 0 radical (unpaired) electrons. The number of nitro benzene ring substituents is 1. The quantitative estimate of drug-likeness (QED) is 0.472. The number of carbonyl (C=O) groups excluding carboxylic acids is 3. The van der Waals surface area contributed by atoms with Crippen LogP contribution in [-0.4, -0.2) is 39.1 Å². The van der Waals surface area contributed by atoms with Crippen molar-refractivity contribution in [3.8, 4) is 0 Å². The van der Waals surface area contributed by atoms with Crippen molar-refractivity contribution in [2.75, 3.05) is 11.9 Å². The molecule has 1 aliphatic heterocycles. The first-order chi connectivity index (χ1) is 11.9. The second kappa shape index (κ2) is 6.40. The fourth-order valence-electron chi connectivity index (χ4n) is 2.39. The maximum absolute atomic E-state index is 12.4. The van der Waals surface area contributed by atoms with Crippen LogP contribution >= 0.6 is 15.9 Å². The first-order valence-electron chi connectivity index (χ1n) is 6.93. The van der Waals surface area contributed by atoms with Crippen LogP contribution in [0.4, 0.5) is 11.5 Å². The molecule has 2 aromatic rings. The van der Waals surface area contributed by atoms with Gasteiger partial charge in [-0.25, -0.2) is 4.98 Å². The van der Waals surface area contributed by atoms with Crippen molar-refractivity contribution in [2.45, 2.75) is 0 Å². The largest absolute Gasteiger partial charge is 0.309 e. The molecule has 0 saturated heterocycles. The summed E-state index contributed by atoms with van der Waals surface area (Å²) in [5.74, 6) is -2.02. The number of hydrogen-bond acceptors (Lipinski definition) is 6. The highest BCUT2D eigenvalue weighted by molar-refractivity contribution is 9.10. The van der Waals surface area contributed by atoms with Crippen LogP contribution in [0.1, 0.15) is 20.7 Å². The van der Waals surface area contributed by atoms with Gasteiger partial charge in [0, 0.05) is 16.7 Å². The Morgan fingerprint density at radius 1 is 1.24 bits per heavy atom. The number of nitrogens with one attached hydrogen (secondary N) is 1. The Balaban J connectivity index is 1.80. The SMILES string of the molecule is O=C(CN1C(=O)c2cccc([N+](=O)[O-])c2C1=O)Nc1ccc(Br)cn1. The molecule has 126 valence electrons. The number of nitrogens with zero attached hydrogens (tertiary/aromatic N) is 3. The number of imide groups is 1. The summed E-state index contributed by atoms with van der Waals surface area (Å²) in [5, 5.41) is 13.5. The average molecular weight is 405 g/mol.